The smallest absolute Gasteiger partial charge is 0.238 e. The Morgan fingerprint density at radius 2 is 1.67 bits per heavy atom. The molecule has 1 N–H and O–H groups in total. The summed E-state index contributed by atoms with van der Waals surface area (Å²) in [5, 5.41) is 2.96. The molecule has 2 heterocycles. The number of carbonyl (C=O) groups excluding carboxylic acids is 2. The minimum absolute atomic E-state index is 0.0163. The molecule has 148 valence electrons. The third kappa shape index (κ3) is 6.00. The number of hydrogen-bond acceptors (Lipinski definition) is 5. The molecule has 3 rings (SSSR count). The first-order valence-corrected chi connectivity index (χ1v) is 10.2. The number of benzene rings is 1. The number of rotatable bonds is 5. The zero-order valence-electron chi connectivity index (χ0n) is 15.7. The average Bonchev–Trinajstić information content (AvgIpc) is 2.66. The fourth-order valence-corrected chi connectivity index (χ4v) is 3.92. The van der Waals surface area contributed by atoms with Gasteiger partial charge in [-0.05, 0) is 40.5 Å². The summed E-state index contributed by atoms with van der Waals surface area (Å²) in [4.78, 5) is 30.8. The predicted octanol–water partition coefficient (Wildman–Crippen LogP) is 1.17. The minimum atomic E-state index is -0.0163. The van der Waals surface area contributed by atoms with Gasteiger partial charge >= 0.3 is 0 Å². The lowest BCUT2D eigenvalue weighted by Crippen LogP contribution is -2.52. The van der Waals surface area contributed by atoms with E-state index in [2.05, 4.69) is 31.0 Å². The predicted molar refractivity (Wildman–Crippen MR) is 108 cm³/mol. The molecule has 0 spiro atoms. The quantitative estimate of drug-likeness (QED) is 0.747. The van der Waals surface area contributed by atoms with Crippen molar-refractivity contribution in [3.63, 3.8) is 0 Å². The molecule has 0 aliphatic carbocycles. The van der Waals surface area contributed by atoms with Crippen molar-refractivity contribution in [1.29, 1.82) is 0 Å². The number of aryl methyl sites for hydroxylation is 1. The number of amides is 2. The number of morpholine rings is 1. The van der Waals surface area contributed by atoms with E-state index in [-0.39, 0.29) is 11.8 Å². The van der Waals surface area contributed by atoms with E-state index in [4.69, 9.17) is 4.74 Å². The lowest BCUT2D eigenvalue weighted by atomic mass is 10.2. The Labute approximate surface area is 168 Å². The number of piperazine rings is 1. The first kappa shape index (κ1) is 20.3. The monoisotopic (exact) mass is 438 g/mol. The van der Waals surface area contributed by atoms with Crippen LogP contribution in [-0.2, 0) is 14.3 Å². The molecule has 0 atom stereocenters. The molecule has 2 fully saturated rings. The SMILES string of the molecule is Cc1ccc(NC(=O)CN2CCN(CC(=O)N3CCOCC3)CC2)c(Br)c1. The molecule has 0 bridgehead atoms. The molecule has 0 aromatic heterocycles. The van der Waals surface area contributed by atoms with E-state index >= 15 is 0 Å². The molecule has 2 saturated heterocycles. The highest BCUT2D eigenvalue weighted by Gasteiger charge is 2.23. The fraction of sp³-hybridized carbons (Fsp3) is 0.579. The Hall–Kier alpha value is -1.48. The van der Waals surface area contributed by atoms with Crippen LogP contribution in [0, 0.1) is 6.92 Å². The third-order valence-electron chi connectivity index (χ3n) is 4.95. The lowest BCUT2D eigenvalue weighted by Gasteiger charge is -2.35. The van der Waals surface area contributed by atoms with Gasteiger partial charge in [0, 0.05) is 43.7 Å². The van der Waals surface area contributed by atoms with Gasteiger partial charge in [-0.25, -0.2) is 0 Å². The first-order valence-electron chi connectivity index (χ1n) is 9.37. The van der Waals surface area contributed by atoms with Gasteiger partial charge in [0.05, 0.1) is 32.0 Å². The first-order chi connectivity index (χ1) is 13.0. The van der Waals surface area contributed by atoms with Crippen molar-refractivity contribution >= 4 is 33.4 Å². The number of halogens is 1. The summed E-state index contributed by atoms with van der Waals surface area (Å²) in [7, 11) is 0. The summed E-state index contributed by atoms with van der Waals surface area (Å²) < 4.78 is 6.18. The van der Waals surface area contributed by atoms with Crippen LogP contribution in [0.3, 0.4) is 0 Å². The normalized spacial score (nSPS) is 19.1. The molecule has 1 aromatic rings. The van der Waals surface area contributed by atoms with E-state index in [9.17, 15) is 9.59 Å². The van der Waals surface area contributed by atoms with Gasteiger partial charge in [0.15, 0.2) is 0 Å². The maximum absolute atomic E-state index is 12.3. The van der Waals surface area contributed by atoms with Crippen LogP contribution < -0.4 is 5.32 Å². The summed E-state index contributed by atoms with van der Waals surface area (Å²) >= 11 is 3.49. The van der Waals surface area contributed by atoms with Crippen LogP contribution in [0.5, 0.6) is 0 Å². The van der Waals surface area contributed by atoms with E-state index in [0.29, 0.717) is 39.4 Å². The maximum atomic E-state index is 12.3. The van der Waals surface area contributed by atoms with Crippen molar-refractivity contribution < 1.29 is 14.3 Å². The summed E-state index contributed by atoms with van der Waals surface area (Å²) in [6.45, 7) is 8.66. The molecule has 0 radical (unpaired) electrons. The molecule has 27 heavy (non-hydrogen) atoms. The van der Waals surface area contributed by atoms with Crippen LogP contribution in [0.4, 0.5) is 5.69 Å². The molecule has 1 aromatic carbocycles. The summed E-state index contributed by atoms with van der Waals surface area (Å²) in [6, 6.07) is 5.87. The van der Waals surface area contributed by atoms with Gasteiger partial charge in [0.2, 0.25) is 11.8 Å². The van der Waals surface area contributed by atoms with Crippen molar-refractivity contribution in [2.45, 2.75) is 6.92 Å². The number of carbonyl (C=O) groups is 2. The zero-order valence-corrected chi connectivity index (χ0v) is 17.3. The topological polar surface area (TPSA) is 65.1 Å². The number of nitrogens with zero attached hydrogens (tertiary/aromatic N) is 3. The second-order valence-corrected chi connectivity index (χ2v) is 7.93. The van der Waals surface area contributed by atoms with Crippen LogP contribution in [-0.4, -0.2) is 92.1 Å². The number of anilines is 1. The van der Waals surface area contributed by atoms with Gasteiger partial charge < -0.3 is 15.0 Å². The third-order valence-corrected chi connectivity index (χ3v) is 5.61. The van der Waals surface area contributed by atoms with Crippen molar-refractivity contribution in [3.8, 4) is 0 Å². The molecular weight excluding hydrogens is 412 g/mol. The summed E-state index contributed by atoms with van der Waals surface area (Å²) in [5.41, 5.74) is 1.93. The van der Waals surface area contributed by atoms with Crippen LogP contribution in [0.1, 0.15) is 5.56 Å². The van der Waals surface area contributed by atoms with Gasteiger partial charge in [0.25, 0.3) is 0 Å². The van der Waals surface area contributed by atoms with Crippen LogP contribution in [0.15, 0.2) is 22.7 Å². The van der Waals surface area contributed by atoms with E-state index in [1.165, 1.54) is 0 Å². The molecule has 2 aliphatic heterocycles. The summed E-state index contributed by atoms with van der Waals surface area (Å²) in [5.74, 6) is 0.158. The minimum Gasteiger partial charge on any atom is -0.378 e. The van der Waals surface area contributed by atoms with E-state index < -0.39 is 0 Å². The molecule has 7 nitrogen and oxygen atoms in total. The van der Waals surface area contributed by atoms with Crippen molar-refractivity contribution in [2.75, 3.05) is 70.9 Å². The lowest BCUT2D eigenvalue weighted by molar-refractivity contribution is -0.137. The van der Waals surface area contributed by atoms with Crippen LogP contribution in [0.2, 0.25) is 0 Å². The van der Waals surface area contributed by atoms with Crippen molar-refractivity contribution in [3.05, 3.63) is 28.2 Å². The standard InChI is InChI=1S/C19H27BrN4O3/c1-15-2-3-17(16(20)12-15)21-18(25)13-22-4-6-23(7-5-22)14-19(26)24-8-10-27-11-9-24/h2-3,12H,4-11,13-14H2,1H3,(H,21,25). The Morgan fingerprint density at radius 1 is 1.04 bits per heavy atom. The highest BCUT2D eigenvalue weighted by Crippen LogP contribution is 2.23. The highest BCUT2D eigenvalue weighted by molar-refractivity contribution is 9.10. The molecule has 0 unspecified atom stereocenters. The van der Waals surface area contributed by atoms with Gasteiger partial charge in [-0.1, -0.05) is 6.07 Å². The number of ether oxygens (including phenoxy) is 1. The van der Waals surface area contributed by atoms with Crippen molar-refractivity contribution in [2.24, 2.45) is 0 Å². The van der Waals surface area contributed by atoms with Gasteiger partial charge in [0.1, 0.15) is 0 Å². The van der Waals surface area contributed by atoms with Crippen molar-refractivity contribution in [1.82, 2.24) is 14.7 Å². The largest absolute Gasteiger partial charge is 0.378 e. The molecular formula is C19H27BrN4O3. The molecule has 8 heteroatoms. The molecule has 0 saturated carbocycles. The van der Waals surface area contributed by atoms with Gasteiger partial charge in [-0.2, -0.15) is 0 Å². The van der Waals surface area contributed by atoms with E-state index in [1.807, 2.05) is 30.0 Å². The van der Waals surface area contributed by atoms with E-state index in [1.54, 1.807) is 0 Å². The Kier molecular flexibility index (Phi) is 7.23. The second kappa shape index (κ2) is 9.64. The number of nitrogens with one attached hydrogen (secondary N) is 1. The average molecular weight is 439 g/mol. The Bertz CT molecular complexity index is 671. The van der Waals surface area contributed by atoms with Crippen LogP contribution in [0.25, 0.3) is 0 Å². The summed E-state index contributed by atoms with van der Waals surface area (Å²) in [6.07, 6.45) is 0. The van der Waals surface area contributed by atoms with Crippen LogP contribution >= 0.6 is 15.9 Å². The number of hydrogen-bond donors (Lipinski definition) is 1. The van der Waals surface area contributed by atoms with Gasteiger partial charge in [-0.3, -0.25) is 19.4 Å². The Balaban J connectivity index is 1.39. The Morgan fingerprint density at radius 3 is 2.30 bits per heavy atom. The van der Waals surface area contributed by atoms with Gasteiger partial charge in [-0.15, -0.1) is 0 Å². The molecule has 2 aliphatic rings. The second-order valence-electron chi connectivity index (χ2n) is 7.08. The highest BCUT2D eigenvalue weighted by atomic mass is 79.9. The zero-order chi connectivity index (χ0) is 19.2. The maximum Gasteiger partial charge on any atom is 0.238 e. The fourth-order valence-electron chi connectivity index (χ4n) is 3.32. The molecule has 2 amide bonds. The van der Waals surface area contributed by atoms with E-state index in [0.717, 1.165) is 41.9 Å².